The zero-order valence-electron chi connectivity index (χ0n) is 13.6. The van der Waals surface area contributed by atoms with Gasteiger partial charge in [-0.2, -0.15) is 5.10 Å². The number of aromatic hydroxyl groups is 1. The van der Waals surface area contributed by atoms with Crippen LogP contribution in [-0.4, -0.2) is 59.3 Å². The van der Waals surface area contributed by atoms with Gasteiger partial charge in [0.05, 0.1) is 45.3 Å². The molecule has 1 aliphatic rings. The van der Waals surface area contributed by atoms with Crippen LogP contribution < -0.4 is 10.3 Å². The predicted molar refractivity (Wildman–Crippen MR) is 95.4 cm³/mol. The third-order valence-corrected chi connectivity index (χ3v) is 4.05. The summed E-state index contributed by atoms with van der Waals surface area (Å²) < 4.78 is 11.9. The van der Waals surface area contributed by atoms with Crippen LogP contribution in [0, 0.1) is 4.77 Å². The number of hydrogen-bond donors (Lipinski definition) is 2. The topological polar surface area (TPSA) is 92.1 Å². The molecule has 2 N–H and O–H groups in total. The molecule has 2 heterocycles. The molecule has 9 heteroatoms. The van der Waals surface area contributed by atoms with Gasteiger partial charge in [-0.05, 0) is 24.4 Å². The molecule has 0 bridgehead atoms. The van der Waals surface area contributed by atoms with Crippen LogP contribution in [0.25, 0.3) is 5.69 Å². The highest BCUT2D eigenvalue weighted by Gasteiger charge is 2.14. The highest BCUT2D eigenvalue weighted by Crippen LogP contribution is 2.22. The van der Waals surface area contributed by atoms with E-state index in [1.54, 1.807) is 36.4 Å². The Morgan fingerprint density at radius 2 is 2.16 bits per heavy atom. The summed E-state index contributed by atoms with van der Waals surface area (Å²) in [5.74, 6) is 0.326. The lowest BCUT2D eigenvalue weighted by atomic mass is 10.2. The van der Waals surface area contributed by atoms with Crippen LogP contribution in [-0.2, 0) is 4.74 Å². The first-order valence-corrected chi connectivity index (χ1v) is 8.10. The standard InChI is InChI=1S/C16H18N4O4S/c1-23-12-4-2-3-11(9-12)20-15(22)13(14(21)18-16(20)25)10-17-19-5-7-24-8-6-19/h2-4,9-10,22H,5-8H2,1H3,(H,18,21,25)/b17-10+. The van der Waals surface area contributed by atoms with Crippen LogP contribution in [0.15, 0.2) is 34.2 Å². The molecule has 0 spiro atoms. The van der Waals surface area contributed by atoms with Crippen molar-refractivity contribution >= 4 is 18.4 Å². The number of morpholine rings is 1. The summed E-state index contributed by atoms with van der Waals surface area (Å²) in [6.45, 7) is 2.41. The van der Waals surface area contributed by atoms with Crippen LogP contribution in [0.2, 0.25) is 0 Å². The molecular formula is C16H18N4O4S. The van der Waals surface area contributed by atoms with E-state index in [-0.39, 0.29) is 16.2 Å². The summed E-state index contributed by atoms with van der Waals surface area (Å²) in [4.78, 5) is 14.7. The first-order chi connectivity index (χ1) is 12.1. The molecule has 8 nitrogen and oxygen atoms in total. The predicted octanol–water partition coefficient (Wildman–Crippen LogP) is 1.28. The molecule has 0 unspecified atom stereocenters. The highest BCUT2D eigenvalue weighted by atomic mass is 32.1. The summed E-state index contributed by atoms with van der Waals surface area (Å²) >= 11 is 5.19. The minimum absolute atomic E-state index is 0.0305. The van der Waals surface area contributed by atoms with E-state index in [2.05, 4.69) is 10.1 Å². The Balaban J connectivity index is 2.04. The van der Waals surface area contributed by atoms with Crippen LogP contribution in [0.5, 0.6) is 11.6 Å². The summed E-state index contributed by atoms with van der Waals surface area (Å²) in [5, 5.41) is 16.6. The minimum Gasteiger partial charge on any atom is -0.497 e. The lowest BCUT2D eigenvalue weighted by molar-refractivity contribution is 0.0396. The molecule has 1 aromatic heterocycles. The number of ether oxygens (including phenoxy) is 2. The Hall–Kier alpha value is -2.65. The van der Waals surface area contributed by atoms with E-state index in [1.807, 2.05) is 0 Å². The van der Waals surface area contributed by atoms with Gasteiger partial charge in [0.15, 0.2) is 4.77 Å². The van der Waals surface area contributed by atoms with E-state index < -0.39 is 5.56 Å². The van der Waals surface area contributed by atoms with Crippen molar-refractivity contribution < 1.29 is 14.6 Å². The summed E-state index contributed by atoms with van der Waals surface area (Å²) in [6.07, 6.45) is 1.34. The molecule has 1 aromatic carbocycles. The number of hydrogen-bond acceptors (Lipinski definition) is 7. The van der Waals surface area contributed by atoms with Crippen molar-refractivity contribution in [3.63, 3.8) is 0 Å². The smallest absolute Gasteiger partial charge is 0.264 e. The molecule has 0 radical (unpaired) electrons. The average Bonchev–Trinajstić information content (AvgIpc) is 2.62. The SMILES string of the molecule is COc1cccc(-n2c(O)c(/C=N/N3CCOCC3)c(=O)[nH]c2=S)c1. The third kappa shape index (κ3) is 3.72. The number of hydrazone groups is 1. The van der Waals surface area contributed by atoms with Crippen molar-refractivity contribution in [2.24, 2.45) is 5.10 Å². The Bertz CT molecular complexity index is 900. The van der Waals surface area contributed by atoms with Gasteiger partial charge >= 0.3 is 0 Å². The van der Waals surface area contributed by atoms with Gasteiger partial charge in [-0.3, -0.25) is 19.4 Å². The number of H-pyrrole nitrogens is 1. The molecule has 1 fully saturated rings. The first kappa shape index (κ1) is 17.2. The fourth-order valence-electron chi connectivity index (χ4n) is 2.45. The summed E-state index contributed by atoms with van der Waals surface area (Å²) in [5.41, 5.74) is 0.0979. The second-order valence-corrected chi connectivity index (χ2v) is 5.73. The van der Waals surface area contributed by atoms with Gasteiger partial charge in [0.2, 0.25) is 5.88 Å². The Morgan fingerprint density at radius 1 is 1.40 bits per heavy atom. The molecule has 0 aliphatic carbocycles. The average molecular weight is 362 g/mol. The number of methoxy groups -OCH3 is 1. The second-order valence-electron chi connectivity index (χ2n) is 5.34. The van der Waals surface area contributed by atoms with Crippen molar-refractivity contribution in [3.05, 3.63) is 45.0 Å². The van der Waals surface area contributed by atoms with Gasteiger partial charge < -0.3 is 14.6 Å². The number of nitrogens with zero attached hydrogens (tertiary/aromatic N) is 3. The molecule has 25 heavy (non-hydrogen) atoms. The maximum absolute atomic E-state index is 12.2. The Kier molecular flexibility index (Phi) is 5.15. The number of rotatable bonds is 4. The van der Waals surface area contributed by atoms with E-state index in [0.29, 0.717) is 37.7 Å². The summed E-state index contributed by atoms with van der Waals surface area (Å²) in [7, 11) is 1.55. The molecule has 1 saturated heterocycles. The lowest BCUT2D eigenvalue weighted by Gasteiger charge is -2.23. The Morgan fingerprint density at radius 3 is 2.88 bits per heavy atom. The van der Waals surface area contributed by atoms with Gasteiger partial charge in [0.1, 0.15) is 11.3 Å². The van der Waals surface area contributed by atoms with Gasteiger partial charge in [-0.1, -0.05) is 6.07 Å². The lowest BCUT2D eigenvalue weighted by Crippen LogP contribution is -2.32. The van der Waals surface area contributed by atoms with E-state index in [9.17, 15) is 9.90 Å². The van der Waals surface area contributed by atoms with Crippen LogP contribution in [0.4, 0.5) is 0 Å². The van der Waals surface area contributed by atoms with Crippen molar-refractivity contribution in [2.45, 2.75) is 0 Å². The zero-order valence-corrected chi connectivity index (χ0v) is 14.5. The van der Waals surface area contributed by atoms with Gasteiger partial charge in [-0.15, -0.1) is 0 Å². The molecule has 132 valence electrons. The van der Waals surface area contributed by atoms with Gasteiger partial charge in [0.25, 0.3) is 5.56 Å². The maximum atomic E-state index is 12.2. The van der Waals surface area contributed by atoms with E-state index in [4.69, 9.17) is 21.7 Å². The van der Waals surface area contributed by atoms with Crippen molar-refractivity contribution in [2.75, 3.05) is 33.4 Å². The quantitative estimate of drug-likeness (QED) is 0.629. The molecule has 0 amide bonds. The van der Waals surface area contributed by atoms with E-state index in [1.165, 1.54) is 10.8 Å². The molecule has 2 aromatic rings. The number of benzene rings is 1. The number of aromatic nitrogens is 2. The fraction of sp³-hybridized carbons (Fsp3) is 0.312. The van der Waals surface area contributed by atoms with Crippen molar-refractivity contribution in [1.82, 2.24) is 14.6 Å². The van der Waals surface area contributed by atoms with Gasteiger partial charge in [-0.25, -0.2) is 0 Å². The van der Waals surface area contributed by atoms with E-state index >= 15 is 0 Å². The highest BCUT2D eigenvalue weighted by molar-refractivity contribution is 7.71. The molecule has 1 aliphatic heterocycles. The third-order valence-electron chi connectivity index (χ3n) is 3.77. The normalized spacial score (nSPS) is 14.8. The van der Waals surface area contributed by atoms with Gasteiger partial charge in [0, 0.05) is 6.07 Å². The molecule has 0 atom stereocenters. The fourth-order valence-corrected chi connectivity index (χ4v) is 2.74. The van der Waals surface area contributed by atoms with Crippen molar-refractivity contribution in [3.8, 4) is 17.3 Å². The largest absolute Gasteiger partial charge is 0.497 e. The Labute approximate surface area is 148 Å². The van der Waals surface area contributed by atoms with Crippen molar-refractivity contribution in [1.29, 1.82) is 0 Å². The number of nitrogens with one attached hydrogen (secondary N) is 1. The minimum atomic E-state index is -0.501. The maximum Gasteiger partial charge on any atom is 0.264 e. The van der Waals surface area contributed by atoms with E-state index in [0.717, 1.165) is 0 Å². The second kappa shape index (κ2) is 7.49. The van der Waals surface area contributed by atoms with Crippen LogP contribution in [0.1, 0.15) is 5.56 Å². The van der Waals surface area contributed by atoms with Crippen LogP contribution in [0.3, 0.4) is 0 Å². The van der Waals surface area contributed by atoms with Crippen LogP contribution >= 0.6 is 12.2 Å². The summed E-state index contributed by atoms with van der Waals surface area (Å²) in [6, 6.07) is 6.99. The zero-order chi connectivity index (χ0) is 17.8. The monoisotopic (exact) mass is 362 g/mol. The molecular weight excluding hydrogens is 344 g/mol. The first-order valence-electron chi connectivity index (χ1n) is 7.69. The number of aromatic amines is 1. The molecule has 0 saturated carbocycles. The molecule has 3 rings (SSSR count).